The summed E-state index contributed by atoms with van der Waals surface area (Å²) in [7, 11) is 0. The van der Waals surface area contributed by atoms with Gasteiger partial charge >= 0.3 is 0 Å². The zero-order valence-corrected chi connectivity index (χ0v) is 13.1. The van der Waals surface area contributed by atoms with Gasteiger partial charge in [-0.2, -0.15) is 5.10 Å². The zero-order chi connectivity index (χ0) is 13.9. The number of rotatable bonds is 1. The van der Waals surface area contributed by atoms with E-state index in [2.05, 4.69) is 10.2 Å². The van der Waals surface area contributed by atoms with E-state index in [-0.39, 0.29) is 12.4 Å². The summed E-state index contributed by atoms with van der Waals surface area (Å²) in [5.74, 6) is 1.08. The molecule has 1 unspecified atom stereocenters. The van der Waals surface area contributed by atoms with Crippen molar-refractivity contribution in [1.82, 2.24) is 10.2 Å². The van der Waals surface area contributed by atoms with E-state index in [0.29, 0.717) is 22.9 Å². The first kappa shape index (κ1) is 15.1. The number of benzene rings is 1. The molecule has 2 aliphatic rings. The van der Waals surface area contributed by atoms with Crippen LogP contribution >= 0.6 is 24.0 Å². The first-order valence-electron chi connectivity index (χ1n) is 7.16. The molecule has 0 saturated heterocycles. The lowest BCUT2D eigenvalue weighted by molar-refractivity contribution is 0.0361. The largest absolute Gasteiger partial charge is 0.385 e. The molecule has 1 aromatic carbocycles. The molecule has 0 spiro atoms. The number of hydrogen-bond donors (Lipinski definition) is 3. The fourth-order valence-electron chi connectivity index (χ4n) is 4.33. The lowest BCUT2D eigenvalue weighted by atomic mass is 9.87. The lowest BCUT2D eigenvalue weighted by Crippen LogP contribution is -2.25. The molecule has 4 atom stereocenters. The van der Waals surface area contributed by atoms with Gasteiger partial charge in [-0.15, -0.1) is 12.4 Å². The maximum Gasteiger partial charge on any atom is 0.0909 e. The van der Waals surface area contributed by atoms with Gasteiger partial charge in [0.05, 0.1) is 17.3 Å². The molecular weight excluding hydrogens is 309 g/mol. The Morgan fingerprint density at radius 1 is 1.29 bits per heavy atom. The van der Waals surface area contributed by atoms with Gasteiger partial charge in [-0.05, 0) is 55.2 Å². The molecule has 21 heavy (non-hydrogen) atoms. The van der Waals surface area contributed by atoms with Crippen LogP contribution in [0.5, 0.6) is 0 Å². The molecule has 4 rings (SSSR count). The molecule has 2 aromatic rings. The summed E-state index contributed by atoms with van der Waals surface area (Å²) in [6, 6.07) is 4.05. The second-order valence-electron chi connectivity index (χ2n) is 6.48. The van der Waals surface area contributed by atoms with Gasteiger partial charge in [-0.3, -0.25) is 5.10 Å². The quantitative estimate of drug-likeness (QED) is 0.753. The minimum absolute atomic E-state index is 0. The molecule has 2 fully saturated rings. The highest BCUT2D eigenvalue weighted by molar-refractivity contribution is 6.31. The average Bonchev–Trinajstić information content (AvgIpc) is 3.01. The molecule has 114 valence electrons. The number of halogens is 2. The molecule has 1 aromatic heterocycles. The molecule has 2 aliphatic carbocycles. The number of H-pyrrole nitrogens is 1. The van der Waals surface area contributed by atoms with Crippen LogP contribution in [0.4, 0.5) is 0 Å². The number of aliphatic hydroxyl groups is 1. The third kappa shape index (κ3) is 2.34. The van der Waals surface area contributed by atoms with Crippen molar-refractivity contribution in [3.63, 3.8) is 0 Å². The van der Waals surface area contributed by atoms with Crippen molar-refractivity contribution >= 4 is 34.9 Å². The summed E-state index contributed by atoms with van der Waals surface area (Å²) in [5.41, 5.74) is 7.04. The Hall–Kier alpha value is -0.810. The van der Waals surface area contributed by atoms with Crippen LogP contribution in [0.2, 0.25) is 5.02 Å². The smallest absolute Gasteiger partial charge is 0.0909 e. The van der Waals surface area contributed by atoms with Crippen LogP contribution in [0.3, 0.4) is 0 Å². The monoisotopic (exact) mass is 327 g/mol. The van der Waals surface area contributed by atoms with Crippen LogP contribution in [0, 0.1) is 11.8 Å². The van der Waals surface area contributed by atoms with Crippen LogP contribution in [0.25, 0.3) is 10.9 Å². The van der Waals surface area contributed by atoms with E-state index < -0.39 is 5.60 Å². The highest BCUT2D eigenvalue weighted by Gasteiger charge is 2.49. The summed E-state index contributed by atoms with van der Waals surface area (Å²) in [5, 5.41) is 19.8. The Labute approximate surface area is 134 Å². The Bertz CT molecular complexity index is 658. The van der Waals surface area contributed by atoms with Crippen LogP contribution in [-0.4, -0.2) is 21.3 Å². The van der Waals surface area contributed by atoms with E-state index in [1.165, 1.54) is 0 Å². The number of nitrogens with one attached hydrogen (secondary N) is 1. The fraction of sp³-hybridized carbons (Fsp3) is 0.533. The van der Waals surface area contributed by atoms with Crippen LogP contribution in [-0.2, 0) is 5.60 Å². The highest BCUT2D eigenvalue weighted by atomic mass is 35.5. The molecule has 2 saturated carbocycles. The van der Waals surface area contributed by atoms with Gasteiger partial charge in [0.2, 0.25) is 0 Å². The van der Waals surface area contributed by atoms with E-state index >= 15 is 0 Å². The normalized spacial score (nSPS) is 34.9. The Morgan fingerprint density at radius 2 is 1.95 bits per heavy atom. The van der Waals surface area contributed by atoms with Crippen molar-refractivity contribution in [2.45, 2.75) is 37.3 Å². The topological polar surface area (TPSA) is 74.9 Å². The number of aromatic amines is 1. The highest BCUT2D eigenvalue weighted by Crippen LogP contribution is 2.53. The van der Waals surface area contributed by atoms with Crippen molar-refractivity contribution in [3.8, 4) is 0 Å². The van der Waals surface area contributed by atoms with Crippen LogP contribution < -0.4 is 5.73 Å². The van der Waals surface area contributed by atoms with Gasteiger partial charge in [0.15, 0.2) is 0 Å². The molecule has 0 radical (unpaired) electrons. The lowest BCUT2D eigenvalue weighted by Gasteiger charge is -2.26. The summed E-state index contributed by atoms with van der Waals surface area (Å²) < 4.78 is 0. The fourth-order valence-corrected chi connectivity index (χ4v) is 4.55. The summed E-state index contributed by atoms with van der Waals surface area (Å²) >= 11 is 6.19. The van der Waals surface area contributed by atoms with Crippen LogP contribution in [0.15, 0.2) is 18.3 Å². The Balaban J connectivity index is 0.00000132. The molecular formula is C15H19Cl2N3O. The van der Waals surface area contributed by atoms with E-state index in [4.69, 9.17) is 17.3 Å². The van der Waals surface area contributed by atoms with E-state index in [1.54, 1.807) is 6.20 Å². The van der Waals surface area contributed by atoms with Crippen molar-refractivity contribution in [2.75, 3.05) is 0 Å². The standard InChI is InChI=1S/C15H18ClN3O.ClH/c16-10-3-13(12-7-18-19-14(12)4-10)15(20)5-8-1-11(17)2-9(8)6-15;/h3-4,7-9,11,20H,1-2,5-6,17H2,(H,18,19);1H/t8-,9+,11+,15?;. The van der Waals surface area contributed by atoms with Gasteiger partial charge in [-0.25, -0.2) is 0 Å². The first-order valence-corrected chi connectivity index (χ1v) is 7.54. The third-order valence-corrected chi connectivity index (χ3v) is 5.32. The van der Waals surface area contributed by atoms with Gasteiger partial charge in [0.25, 0.3) is 0 Å². The number of aromatic nitrogens is 2. The maximum atomic E-state index is 11.2. The Morgan fingerprint density at radius 3 is 2.62 bits per heavy atom. The van der Waals surface area contributed by atoms with Crippen molar-refractivity contribution in [2.24, 2.45) is 17.6 Å². The SMILES string of the molecule is Cl.N[C@H]1C[C@@H]2CC(O)(c3cc(Cl)cc4[nH]ncc34)C[C@@H]2C1. The molecule has 4 N–H and O–H groups in total. The van der Waals surface area contributed by atoms with Gasteiger partial charge in [-0.1, -0.05) is 11.6 Å². The van der Waals surface area contributed by atoms with Gasteiger partial charge in [0.1, 0.15) is 0 Å². The predicted octanol–water partition coefficient (Wildman–Crippen LogP) is 2.97. The predicted molar refractivity (Wildman–Crippen MR) is 85.7 cm³/mol. The summed E-state index contributed by atoms with van der Waals surface area (Å²) in [6.07, 6.45) is 5.40. The molecule has 1 heterocycles. The van der Waals surface area contributed by atoms with Crippen LogP contribution in [0.1, 0.15) is 31.2 Å². The Kier molecular flexibility index (Phi) is 3.69. The van der Waals surface area contributed by atoms with Gasteiger partial charge in [0, 0.05) is 16.5 Å². The second kappa shape index (κ2) is 5.13. The average molecular weight is 328 g/mol. The summed E-state index contributed by atoms with van der Waals surface area (Å²) in [4.78, 5) is 0. The minimum atomic E-state index is -0.789. The number of fused-ring (bicyclic) bond motifs is 2. The number of nitrogens with zero attached hydrogens (tertiary/aromatic N) is 1. The second-order valence-corrected chi connectivity index (χ2v) is 6.91. The first-order chi connectivity index (χ1) is 9.55. The maximum absolute atomic E-state index is 11.2. The molecule has 6 heteroatoms. The van der Waals surface area contributed by atoms with Crippen molar-refractivity contribution < 1.29 is 5.11 Å². The van der Waals surface area contributed by atoms with Gasteiger partial charge < -0.3 is 10.8 Å². The van der Waals surface area contributed by atoms with E-state index in [9.17, 15) is 5.11 Å². The van der Waals surface area contributed by atoms with Crippen molar-refractivity contribution in [3.05, 3.63) is 28.9 Å². The summed E-state index contributed by atoms with van der Waals surface area (Å²) in [6.45, 7) is 0. The van der Waals surface area contributed by atoms with E-state index in [0.717, 1.165) is 42.1 Å². The minimum Gasteiger partial charge on any atom is -0.385 e. The number of nitrogens with two attached hydrogens (primary N) is 1. The molecule has 0 bridgehead atoms. The van der Waals surface area contributed by atoms with E-state index in [1.807, 2.05) is 12.1 Å². The molecule has 0 amide bonds. The molecule has 0 aliphatic heterocycles. The zero-order valence-electron chi connectivity index (χ0n) is 11.6. The number of hydrogen-bond acceptors (Lipinski definition) is 3. The third-order valence-electron chi connectivity index (χ3n) is 5.10. The van der Waals surface area contributed by atoms with Crippen molar-refractivity contribution in [1.29, 1.82) is 0 Å². The molecule has 4 nitrogen and oxygen atoms in total.